The number of fused-ring (bicyclic) bond motifs is 1. The van der Waals surface area contributed by atoms with E-state index in [0.717, 1.165) is 5.56 Å². The Morgan fingerprint density at radius 1 is 0.926 bits per heavy atom. The summed E-state index contributed by atoms with van der Waals surface area (Å²) in [6, 6.07) is 13.1. The summed E-state index contributed by atoms with van der Waals surface area (Å²) in [6.45, 7) is 2.39. The van der Waals surface area contributed by atoms with Gasteiger partial charge in [-0.15, -0.1) is 0 Å². The SMILES string of the molecule is COC(=O)c1cc(OCc2ccc(C)cc2)c2cc(OC)c(OC)cc2n1. The van der Waals surface area contributed by atoms with E-state index in [4.69, 9.17) is 18.9 Å². The second-order valence-electron chi connectivity index (χ2n) is 6.00. The molecule has 1 aromatic heterocycles. The Kier molecular flexibility index (Phi) is 5.45. The average molecular weight is 367 g/mol. The average Bonchev–Trinajstić information content (AvgIpc) is 2.71. The van der Waals surface area contributed by atoms with Crippen LogP contribution in [-0.2, 0) is 11.3 Å². The summed E-state index contributed by atoms with van der Waals surface area (Å²) in [6.07, 6.45) is 0. The number of aromatic nitrogens is 1. The highest BCUT2D eigenvalue weighted by Crippen LogP contribution is 2.36. The first-order valence-electron chi connectivity index (χ1n) is 8.39. The Morgan fingerprint density at radius 3 is 2.22 bits per heavy atom. The Hall–Kier alpha value is -3.28. The highest BCUT2D eigenvalue weighted by molar-refractivity contribution is 5.95. The van der Waals surface area contributed by atoms with Crippen LogP contribution in [-0.4, -0.2) is 32.3 Å². The molecule has 0 radical (unpaired) electrons. The van der Waals surface area contributed by atoms with Crippen molar-refractivity contribution in [1.82, 2.24) is 4.98 Å². The maximum atomic E-state index is 12.0. The fraction of sp³-hybridized carbons (Fsp3) is 0.238. The van der Waals surface area contributed by atoms with Crippen LogP contribution < -0.4 is 14.2 Å². The summed E-state index contributed by atoms with van der Waals surface area (Å²) in [5.74, 6) is 1.05. The topological polar surface area (TPSA) is 66.9 Å². The first-order chi connectivity index (χ1) is 13.0. The van der Waals surface area contributed by atoms with Gasteiger partial charge in [-0.05, 0) is 18.6 Å². The van der Waals surface area contributed by atoms with Crippen LogP contribution in [0.3, 0.4) is 0 Å². The molecule has 0 saturated heterocycles. The van der Waals surface area contributed by atoms with Gasteiger partial charge in [0, 0.05) is 17.5 Å². The number of nitrogens with zero attached hydrogens (tertiary/aromatic N) is 1. The summed E-state index contributed by atoms with van der Waals surface area (Å²) < 4.78 is 21.5. The molecule has 3 rings (SSSR count). The van der Waals surface area contributed by atoms with Gasteiger partial charge in [-0.25, -0.2) is 9.78 Å². The van der Waals surface area contributed by atoms with Crippen molar-refractivity contribution in [3.8, 4) is 17.2 Å². The smallest absolute Gasteiger partial charge is 0.356 e. The van der Waals surface area contributed by atoms with Gasteiger partial charge in [-0.1, -0.05) is 29.8 Å². The molecule has 0 bridgehead atoms. The molecule has 0 aliphatic rings. The minimum atomic E-state index is -0.535. The molecular formula is C21H21NO5. The number of hydrogen-bond donors (Lipinski definition) is 0. The summed E-state index contributed by atoms with van der Waals surface area (Å²) in [7, 11) is 4.42. The number of hydrogen-bond acceptors (Lipinski definition) is 6. The van der Waals surface area contributed by atoms with Gasteiger partial charge in [0.1, 0.15) is 12.4 Å². The van der Waals surface area contributed by atoms with Crippen molar-refractivity contribution in [2.45, 2.75) is 13.5 Å². The van der Waals surface area contributed by atoms with Crippen LogP contribution in [0.5, 0.6) is 17.2 Å². The zero-order valence-electron chi connectivity index (χ0n) is 15.7. The van der Waals surface area contributed by atoms with Crippen molar-refractivity contribution < 1.29 is 23.7 Å². The lowest BCUT2D eigenvalue weighted by atomic mass is 10.1. The number of carbonyl (C=O) groups excluding carboxylic acids is 1. The number of ether oxygens (including phenoxy) is 4. The number of benzene rings is 2. The van der Waals surface area contributed by atoms with Crippen molar-refractivity contribution >= 4 is 16.9 Å². The minimum Gasteiger partial charge on any atom is -0.493 e. The van der Waals surface area contributed by atoms with Crippen LogP contribution in [0.1, 0.15) is 21.6 Å². The molecule has 6 nitrogen and oxygen atoms in total. The predicted molar refractivity (Wildman–Crippen MR) is 102 cm³/mol. The molecule has 2 aromatic carbocycles. The monoisotopic (exact) mass is 367 g/mol. The molecule has 0 aliphatic heterocycles. The predicted octanol–water partition coefficient (Wildman–Crippen LogP) is 3.93. The van der Waals surface area contributed by atoms with Gasteiger partial charge in [0.2, 0.25) is 0 Å². The van der Waals surface area contributed by atoms with E-state index in [9.17, 15) is 4.79 Å². The van der Waals surface area contributed by atoms with E-state index in [1.807, 2.05) is 31.2 Å². The molecule has 0 atom stereocenters. The summed E-state index contributed by atoms with van der Waals surface area (Å²) >= 11 is 0. The van der Waals surface area contributed by atoms with Crippen LogP contribution in [0.2, 0.25) is 0 Å². The Balaban J connectivity index is 2.06. The summed E-state index contributed by atoms with van der Waals surface area (Å²) in [5, 5.41) is 0.715. The molecule has 0 aliphatic carbocycles. The van der Waals surface area contributed by atoms with Crippen molar-refractivity contribution in [3.05, 3.63) is 59.3 Å². The maximum Gasteiger partial charge on any atom is 0.356 e. The third kappa shape index (κ3) is 3.95. The van der Waals surface area contributed by atoms with E-state index in [1.165, 1.54) is 12.7 Å². The van der Waals surface area contributed by atoms with E-state index in [1.54, 1.807) is 32.4 Å². The fourth-order valence-corrected chi connectivity index (χ4v) is 2.70. The largest absolute Gasteiger partial charge is 0.493 e. The highest BCUT2D eigenvalue weighted by atomic mass is 16.5. The second-order valence-corrected chi connectivity index (χ2v) is 6.00. The van der Waals surface area contributed by atoms with Gasteiger partial charge >= 0.3 is 5.97 Å². The normalized spacial score (nSPS) is 10.5. The molecule has 1 heterocycles. The molecule has 0 saturated carbocycles. The molecule has 0 unspecified atom stereocenters. The minimum absolute atomic E-state index is 0.163. The van der Waals surface area contributed by atoms with Crippen molar-refractivity contribution in [3.63, 3.8) is 0 Å². The van der Waals surface area contributed by atoms with E-state index >= 15 is 0 Å². The number of pyridine rings is 1. The second kappa shape index (κ2) is 7.95. The van der Waals surface area contributed by atoms with Gasteiger partial charge in [-0.3, -0.25) is 0 Å². The maximum absolute atomic E-state index is 12.0. The summed E-state index contributed by atoms with van der Waals surface area (Å²) in [4.78, 5) is 16.4. The zero-order chi connectivity index (χ0) is 19.4. The zero-order valence-corrected chi connectivity index (χ0v) is 15.7. The number of rotatable bonds is 6. The molecule has 140 valence electrons. The molecule has 0 fully saturated rings. The Morgan fingerprint density at radius 2 is 1.59 bits per heavy atom. The number of esters is 1. The van der Waals surface area contributed by atoms with E-state index < -0.39 is 5.97 Å². The van der Waals surface area contributed by atoms with Gasteiger partial charge in [0.25, 0.3) is 0 Å². The van der Waals surface area contributed by atoms with E-state index in [0.29, 0.717) is 34.8 Å². The van der Waals surface area contributed by atoms with Crippen molar-refractivity contribution in [1.29, 1.82) is 0 Å². The van der Waals surface area contributed by atoms with Crippen molar-refractivity contribution in [2.24, 2.45) is 0 Å². The molecule has 27 heavy (non-hydrogen) atoms. The van der Waals surface area contributed by atoms with Gasteiger partial charge in [0.05, 0.1) is 26.8 Å². The molecule has 0 spiro atoms. The lowest BCUT2D eigenvalue weighted by Gasteiger charge is -2.14. The number of carbonyl (C=O) groups is 1. The van der Waals surface area contributed by atoms with E-state index in [2.05, 4.69) is 4.98 Å². The third-order valence-corrected chi connectivity index (χ3v) is 4.19. The van der Waals surface area contributed by atoms with Crippen LogP contribution in [0.25, 0.3) is 10.9 Å². The lowest BCUT2D eigenvalue weighted by Crippen LogP contribution is -2.06. The molecular weight excluding hydrogens is 346 g/mol. The van der Waals surface area contributed by atoms with Crippen LogP contribution >= 0.6 is 0 Å². The highest BCUT2D eigenvalue weighted by Gasteiger charge is 2.16. The first-order valence-corrected chi connectivity index (χ1v) is 8.39. The molecule has 3 aromatic rings. The quantitative estimate of drug-likeness (QED) is 0.615. The van der Waals surface area contributed by atoms with Crippen molar-refractivity contribution in [2.75, 3.05) is 21.3 Å². The third-order valence-electron chi connectivity index (χ3n) is 4.19. The Bertz CT molecular complexity index is 966. The van der Waals surface area contributed by atoms with Gasteiger partial charge in [-0.2, -0.15) is 0 Å². The molecule has 0 N–H and O–H groups in total. The molecule has 0 amide bonds. The lowest BCUT2D eigenvalue weighted by molar-refractivity contribution is 0.0594. The van der Waals surface area contributed by atoms with Gasteiger partial charge < -0.3 is 18.9 Å². The Labute approximate surface area is 157 Å². The summed E-state index contributed by atoms with van der Waals surface area (Å²) in [5.41, 5.74) is 2.91. The number of aryl methyl sites for hydroxylation is 1. The number of methoxy groups -OCH3 is 3. The molecule has 6 heteroatoms. The van der Waals surface area contributed by atoms with Crippen LogP contribution in [0.4, 0.5) is 0 Å². The van der Waals surface area contributed by atoms with Crippen LogP contribution in [0, 0.1) is 6.92 Å². The van der Waals surface area contributed by atoms with Crippen LogP contribution in [0.15, 0.2) is 42.5 Å². The first kappa shape index (κ1) is 18.5. The standard InChI is InChI=1S/C21H21NO5/c1-13-5-7-14(8-6-13)12-27-18-11-17(21(23)26-4)22-16-10-20(25-3)19(24-2)9-15(16)18/h5-11H,12H2,1-4H3. The van der Waals surface area contributed by atoms with E-state index in [-0.39, 0.29) is 5.69 Å². The fourth-order valence-electron chi connectivity index (χ4n) is 2.70. The van der Waals surface area contributed by atoms with Gasteiger partial charge in [0.15, 0.2) is 17.2 Å².